The number of aryl methyl sites for hydroxylation is 1. The Hall–Kier alpha value is -4.26. The summed E-state index contributed by atoms with van der Waals surface area (Å²) in [6, 6.07) is 19.3. The Morgan fingerprint density at radius 2 is 1.55 bits per heavy atom. The lowest BCUT2D eigenvalue weighted by Crippen LogP contribution is -2.31. The standard InChI is InChI=1S/C31H33NO6/c1-5-18-38-26-15-10-23(19-20(26)2)29(33)27-28(22-8-13-25(37-4)14-9-22)32(31(35)30(27)34)17-16-21-6-11-24(36-3)12-7-21/h6-15,19,28,33H,5,16-18H2,1-4H3/b29-27-. The zero-order chi connectivity index (χ0) is 27.2. The van der Waals surface area contributed by atoms with Gasteiger partial charge in [-0.05, 0) is 78.9 Å². The average molecular weight is 516 g/mol. The normalized spacial score (nSPS) is 16.5. The number of carbonyl (C=O) groups is 2. The first-order chi connectivity index (χ1) is 18.4. The van der Waals surface area contributed by atoms with Gasteiger partial charge in [-0.1, -0.05) is 31.2 Å². The lowest BCUT2D eigenvalue weighted by atomic mass is 9.94. The number of aliphatic hydroxyl groups is 1. The summed E-state index contributed by atoms with van der Waals surface area (Å²) in [4.78, 5) is 28.2. The number of rotatable bonds is 10. The molecule has 1 fully saturated rings. The van der Waals surface area contributed by atoms with Gasteiger partial charge in [-0.25, -0.2) is 0 Å². The van der Waals surface area contributed by atoms with Gasteiger partial charge in [0, 0.05) is 12.1 Å². The van der Waals surface area contributed by atoms with Crippen LogP contribution in [0, 0.1) is 6.92 Å². The molecule has 0 radical (unpaired) electrons. The predicted molar refractivity (Wildman–Crippen MR) is 146 cm³/mol. The molecular formula is C31H33NO6. The number of hydrogen-bond acceptors (Lipinski definition) is 6. The quantitative estimate of drug-likeness (QED) is 0.219. The molecule has 1 aliphatic heterocycles. The van der Waals surface area contributed by atoms with E-state index in [1.165, 1.54) is 4.90 Å². The first kappa shape index (κ1) is 26.8. The van der Waals surface area contributed by atoms with Crippen LogP contribution in [-0.2, 0) is 16.0 Å². The van der Waals surface area contributed by atoms with Gasteiger partial charge in [0.2, 0.25) is 0 Å². The molecule has 1 unspecified atom stereocenters. The lowest BCUT2D eigenvalue weighted by molar-refractivity contribution is -0.139. The van der Waals surface area contributed by atoms with E-state index < -0.39 is 17.7 Å². The number of likely N-dealkylation sites (tertiary alicyclic amines) is 1. The fourth-order valence-corrected chi connectivity index (χ4v) is 4.61. The van der Waals surface area contributed by atoms with Crippen LogP contribution in [0.3, 0.4) is 0 Å². The number of nitrogens with zero attached hydrogens (tertiary/aromatic N) is 1. The van der Waals surface area contributed by atoms with Gasteiger partial charge < -0.3 is 24.2 Å². The van der Waals surface area contributed by atoms with Crippen LogP contribution in [0.1, 0.15) is 41.6 Å². The van der Waals surface area contributed by atoms with E-state index in [4.69, 9.17) is 14.2 Å². The fraction of sp³-hybridized carbons (Fsp3) is 0.290. The third kappa shape index (κ3) is 5.52. The summed E-state index contributed by atoms with van der Waals surface area (Å²) in [7, 11) is 3.18. The van der Waals surface area contributed by atoms with Crippen molar-refractivity contribution in [3.63, 3.8) is 0 Å². The van der Waals surface area contributed by atoms with E-state index in [0.29, 0.717) is 36.4 Å². The van der Waals surface area contributed by atoms with Crippen molar-refractivity contribution in [3.8, 4) is 17.2 Å². The molecule has 7 nitrogen and oxygen atoms in total. The molecule has 4 rings (SSSR count). The van der Waals surface area contributed by atoms with Crippen molar-refractivity contribution in [2.24, 2.45) is 0 Å². The monoisotopic (exact) mass is 515 g/mol. The van der Waals surface area contributed by atoms with Crippen LogP contribution in [0.4, 0.5) is 0 Å². The Morgan fingerprint density at radius 3 is 2.13 bits per heavy atom. The number of ether oxygens (including phenoxy) is 3. The molecule has 1 saturated heterocycles. The van der Waals surface area contributed by atoms with Crippen LogP contribution in [0.25, 0.3) is 5.76 Å². The Kier molecular flexibility index (Phi) is 8.36. The van der Waals surface area contributed by atoms with E-state index >= 15 is 0 Å². The van der Waals surface area contributed by atoms with Crippen molar-refractivity contribution in [1.29, 1.82) is 0 Å². The van der Waals surface area contributed by atoms with Gasteiger partial charge in [0.05, 0.1) is 32.4 Å². The second-order valence-electron chi connectivity index (χ2n) is 9.19. The van der Waals surface area contributed by atoms with E-state index in [1.54, 1.807) is 44.6 Å². The molecule has 1 heterocycles. The zero-order valence-electron chi connectivity index (χ0n) is 22.2. The molecule has 0 bridgehead atoms. The number of ketones is 1. The van der Waals surface area contributed by atoms with Crippen molar-refractivity contribution in [3.05, 3.63) is 94.6 Å². The topological polar surface area (TPSA) is 85.3 Å². The average Bonchev–Trinajstić information content (AvgIpc) is 3.20. The number of hydrogen-bond donors (Lipinski definition) is 1. The van der Waals surface area contributed by atoms with E-state index in [-0.39, 0.29) is 11.3 Å². The van der Waals surface area contributed by atoms with Crippen LogP contribution in [0.15, 0.2) is 72.3 Å². The molecule has 198 valence electrons. The number of Topliss-reactive ketones (excluding diaryl/α,β-unsaturated/α-hetero) is 1. The molecule has 0 aromatic heterocycles. The lowest BCUT2D eigenvalue weighted by Gasteiger charge is -2.25. The number of aliphatic hydroxyl groups excluding tert-OH is 1. The zero-order valence-corrected chi connectivity index (χ0v) is 22.2. The van der Waals surface area contributed by atoms with Crippen LogP contribution in [0.2, 0.25) is 0 Å². The van der Waals surface area contributed by atoms with Crippen molar-refractivity contribution in [2.75, 3.05) is 27.4 Å². The Labute approximate surface area is 223 Å². The smallest absolute Gasteiger partial charge is 0.295 e. The fourth-order valence-electron chi connectivity index (χ4n) is 4.61. The second-order valence-corrected chi connectivity index (χ2v) is 9.19. The molecule has 38 heavy (non-hydrogen) atoms. The maximum Gasteiger partial charge on any atom is 0.295 e. The van der Waals surface area contributed by atoms with Gasteiger partial charge >= 0.3 is 0 Å². The summed E-state index contributed by atoms with van der Waals surface area (Å²) >= 11 is 0. The second kappa shape index (κ2) is 11.9. The largest absolute Gasteiger partial charge is 0.507 e. The summed E-state index contributed by atoms with van der Waals surface area (Å²) in [5, 5.41) is 11.4. The van der Waals surface area contributed by atoms with Crippen LogP contribution >= 0.6 is 0 Å². The predicted octanol–water partition coefficient (Wildman–Crippen LogP) is 5.47. The van der Waals surface area contributed by atoms with Crippen LogP contribution in [-0.4, -0.2) is 49.1 Å². The number of benzene rings is 3. The van der Waals surface area contributed by atoms with Gasteiger partial charge in [-0.2, -0.15) is 0 Å². The molecule has 3 aromatic rings. The molecule has 1 amide bonds. The third-order valence-corrected chi connectivity index (χ3v) is 6.68. The van der Waals surface area contributed by atoms with Crippen molar-refractivity contribution in [2.45, 2.75) is 32.7 Å². The van der Waals surface area contributed by atoms with E-state index in [0.717, 1.165) is 29.0 Å². The van der Waals surface area contributed by atoms with Gasteiger partial charge in [0.25, 0.3) is 11.7 Å². The van der Waals surface area contributed by atoms with Gasteiger partial charge in [-0.3, -0.25) is 9.59 Å². The summed E-state index contributed by atoms with van der Waals surface area (Å²) in [6.07, 6.45) is 1.41. The Balaban J connectivity index is 1.73. The third-order valence-electron chi connectivity index (χ3n) is 6.68. The summed E-state index contributed by atoms with van der Waals surface area (Å²) in [5.74, 6) is 0.565. The highest BCUT2D eigenvalue weighted by Gasteiger charge is 2.45. The molecule has 1 N–H and O–H groups in total. The number of methoxy groups -OCH3 is 2. The van der Waals surface area contributed by atoms with Gasteiger partial charge in [0.1, 0.15) is 23.0 Å². The highest BCUT2D eigenvalue weighted by molar-refractivity contribution is 6.46. The first-order valence-electron chi connectivity index (χ1n) is 12.7. The van der Waals surface area contributed by atoms with Gasteiger partial charge in [-0.15, -0.1) is 0 Å². The minimum atomic E-state index is -0.740. The van der Waals surface area contributed by atoms with E-state index in [2.05, 4.69) is 0 Å². The van der Waals surface area contributed by atoms with Crippen molar-refractivity contribution < 1.29 is 28.9 Å². The molecule has 0 aliphatic carbocycles. The molecular weight excluding hydrogens is 482 g/mol. The Morgan fingerprint density at radius 1 is 0.921 bits per heavy atom. The first-order valence-corrected chi connectivity index (χ1v) is 12.7. The molecule has 3 aromatic carbocycles. The molecule has 0 saturated carbocycles. The maximum atomic E-state index is 13.4. The molecule has 1 atom stereocenters. The summed E-state index contributed by atoms with van der Waals surface area (Å²) in [5.41, 5.74) is 3.06. The van der Waals surface area contributed by atoms with Crippen molar-refractivity contribution >= 4 is 17.4 Å². The Bertz CT molecular complexity index is 1330. The van der Waals surface area contributed by atoms with E-state index in [1.807, 2.05) is 50.2 Å². The highest BCUT2D eigenvalue weighted by atomic mass is 16.5. The van der Waals surface area contributed by atoms with E-state index in [9.17, 15) is 14.7 Å². The maximum absolute atomic E-state index is 13.4. The number of amides is 1. The SMILES string of the molecule is CCCOc1ccc(/C(O)=C2/C(=O)C(=O)N(CCc3ccc(OC)cc3)C2c2ccc(OC)cc2)cc1C. The number of carbonyl (C=O) groups excluding carboxylic acids is 2. The molecule has 1 aliphatic rings. The summed E-state index contributed by atoms with van der Waals surface area (Å²) < 4.78 is 16.3. The van der Waals surface area contributed by atoms with Crippen LogP contribution in [0.5, 0.6) is 17.2 Å². The molecule has 0 spiro atoms. The van der Waals surface area contributed by atoms with Crippen molar-refractivity contribution in [1.82, 2.24) is 4.90 Å². The summed E-state index contributed by atoms with van der Waals surface area (Å²) in [6.45, 7) is 4.80. The molecule has 7 heteroatoms. The minimum absolute atomic E-state index is 0.0662. The van der Waals surface area contributed by atoms with Gasteiger partial charge in [0.15, 0.2) is 0 Å². The highest BCUT2D eigenvalue weighted by Crippen LogP contribution is 2.40. The minimum Gasteiger partial charge on any atom is -0.507 e. The van der Waals surface area contributed by atoms with Crippen LogP contribution < -0.4 is 14.2 Å².